The average molecular weight is 587 g/mol. The highest BCUT2D eigenvalue weighted by atomic mass is 35.5. The van der Waals surface area contributed by atoms with Crippen molar-refractivity contribution < 1.29 is 27.5 Å². The fourth-order valence-electron chi connectivity index (χ4n) is 3.97. The van der Waals surface area contributed by atoms with E-state index < -0.39 is 28.5 Å². The lowest BCUT2D eigenvalue weighted by atomic mass is 10.1. The first-order valence-electron chi connectivity index (χ1n) is 12.4. The van der Waals surface area contributed by atoms with Gasteiger partial charge in [-0.15, -0.1) is 0 Å². The van der Waals surface area contributed by atoms with Gasteiger partial charge in [-0.25, -0.2) is 8.42 Å². The number of sulfonamides is 1. The molecule has 1 heterocycles. The zero-order valence-electron chi connectivity index (χ0n) is 21.9. The van der Waals surface area contributed by atoms with Crippen LogP contribution in [0.25, 0.3) is 0 Å². The van der Waals surface area contributed by atoms with E-state index in [0.29, 0.717) is 39.9 Å². The standard InChI is InChI=1S/C26H33Cl2N3O6S/c1-5-17(4)29-26(33)22(6-2)30(14-19-20(27)9-8-10-21(19)28)25(32)15-31(38(34,35)7-3)18-11-12-23-24(13-18)37-16-36-23/h8-13,17,22H,5-7,14-16H2,1-4H3,(H,29,33)/t17-,22+/m1/s1. The molecule has 0 bridgehead atoms. The number of amides is 2. The fourth-order valence-corrected chi connectivity index (χ4v) is 5.54. The van der Waals surface area contributed by atoms with Crippen molar-refractivity contribution in [2.24, 2.45) is 0 Å². The number of nitrogens with zero attached hydrogens (tertiary/aromatic N) is 2. The van der Waals surface area contributed by atoms with Gasteiger partial charge < -0.3 is 19.7 Å². The Labute approximate surface area is 234 Å². The Kier molecular flexibility index (Phi) is 10.1. The summed E-state index contributed by atoms with van der Waals surface area (Å²) in [7, 11) is -3.89. The first-order valence-corrected chi connectivity index (χ1v) is 14.8. The number of carbonyl (C=O) groups is 2. The Morgan fingerprint density at radius 1 is 1.03 bits per heavy atom. The van der Waals surface area contributed by atoms with Crippen molar-refractivity contribution in [2.45, 2.75) is 59.2 Å². The third-order valence-electron chi connectivity index (χ3n) is 6.40. The highest BCUT2D eigenvalue weighted by Gasteiger charge is 2.34. The van der Waals surface area contributed by atoms with Crippen LogP contribution < -0.4 is 19.1 Å². The second-order valence-electron chi connectivity index (χ2n) is 8.91. The molecule has 0 unspecified atom stereocenters. The van der Waals surface area contributed by atoms with Crippen molar-refractivity contribution in [1.29, 1.82) is 0 Å². The predicted molar refractivity (Wildman–Crippen MR) is 148 cm³/mol. The van der Waals surface area contributed by atoms with Crippen LogP contribution in [-0.4, -0.2) is 56.3 Å². The molecule has 1 aliphatic heterocycles. The van der Waals surface area contributed by atoms with Gasteiger partial charge in [-0.3, -0.25) is 13.9 Å². The van der Waals surface area contributed by atoms with E-state index in [0.717, 1.165) is 4.31 Å². The maximum absolute atomic E-state index is 13.9. The summed E-state index contributed by atoms with van der Waals surface area (Å²) in [5, 5.41) is 3.59. The molecular formula is C26H33Cl2N3O6S. The molecule has 38 heavy (non-hydrogen) atoms. The molecular weight excluding hydrogens is 553 g/mol. The van der Waals surface area contributed by atoms with Crippen LogP contribution in [0.2, 0.25) is 10.0 Å². The van der Waals surface area contributed by atoms with Gasteiger partial charge in [-0.2, -0.15) is 0 Å². The van der Waals surface area contributed by atoms with Crippen LogP contribution >= 0.6 is 23.2 Å². The molecule has 2 aromatic rings. The summed E-state index contributed by atoms with van der Waals surface area (Å²) in [6.45, 7) is 6.50. The van der Waals surface area contributed by atoms with Gasteiger partial charge in [-0.05, 0) is 51.0 Å². The van der Waals surface area contributed by atoms with Gasteiger partial charge in [0.1, 0.15) is 12.6 Å². The molecule has 0 saturated carbocycles. The second-order valence-corrected chi connectivity index (χ2v) is 11.9. The Bertz CT molecular complexity index is 1250. The Morgan fingerprint density at radius 2 is 1.68 bits per heavy atom. The molecule has 3 rings (SSSR count). The number of halogens is 2. The SMILES string of the molecule is CC[C@@H](C)NC(=O)[C@H](CC)N(Cc1c(Cl)cccc1Cl)C(=O)CN(c1ccc2c(c1)OCO2)S(=O)(=O)CC. The molecule has 0 aliphatic carbocycles. The third kappa shape index (κ3) is 6.84. The van der Waals surface area contributed by atoms with Crippen molar-refractivity contribution >= 4 is 50.7 Å². The minimum atomic E-state index is -3.89. The summed E-state index contributed by atoms with van der Waals surface area (Å²) in [5.74, 6) is -0.299. The zero-order chi connectivity index (χ0) is 28.0. The maximum Gasteiger partial charge on any atom is 0.244 e. The fraction of sp³-hybridized carbons (Fsp3) is 0.462. The first kappa shape index (κ1) is 29.9. The summed E-state index contributed by atoms with van der Waals surface area (Å²) in [6.07, 6.45) is 1.000. The highest BCUT2D eigenvalue weighted by molar-refractivity contribution is 7.92. The number of hydrogen-bond donors (Lipinski definition) is 1. The summed E-state index contributed by atoms with van der Waals surface area (Å²) >= 11 is 12.8. The molecule has 2 aromatic carbocycles. The van der Waals surface area contributed by atoms with Crippen LogP contribution in [0.5, 0.6) is 11.5 Å². The van der Waals surface area contributed by atoms with Gasteiger partial charge in [0.2, 0.25) is 28.6 Å². The van der Waals surface area contributed by atoms with E-state index in [1.165, 1.54) is 17.9 Å². The van der Waals surface area contributed by atoms with Gasteiger partial charge in [-0.1, -0.05) is 43.1 Å². The van der Waals surface area contributed by atoms with E-state index in [2.05, 4.69) is 5.32 Å². The lowest BCUT2D eigenvalue weighted by Gasteiger charge is -2.34. The number of fused-ring (bicyclic) bond motifs is 1. The summed E-state index contributed by atoms with van der Waals surface area (Å²) < 4.78 is 38.1. The van der Waals surface area contributed by atoms with Gasteiger partial charge in [0.05, 0.1) is 11.4 Å². The number of nitrogens with one attached hydrogen (secondary N) is 1. The molecule has 1 N–H and O–H groups in total. The Morgan fingerprint density at radius 3 is 2.29 bits per heavy atom. The number of hydrogen-bond acceptors (Lipinski definition) is 6. The van der Waals surface area contributed by atoms with Gasteiger partial charge >= 0.3 is 0 Å². The largest absolute Gasteiger partial charge is 0.454 e. The highest BCUT2D eigenvalue weighted by Crippen LogP contribution is 2.36. The molecule has 0 aromatic heterocycles. The Balaban J connectivity index is 2.02. The minimum absolute atomic E-state index is 0.0219. The van der Waals surface area contributed by atoms with E-state index >= 15 is 0 Å². The number of rotatable bonds is 12. The van der Waals surface area contributed by atoms with Gasteiger partial charge in [0.15, 0.2) is 11.5 Å². The number of anilines is 1. The lowest BCUT2D eigenvalue weighted by molar-refractivity contribution is -0.140. The van der Waals surface area contributed by atoms with Crippen molar-refractivity contribution in [2.75, 3.05) is 23.4 Å². The molecule has 208 valence electrons. The van der Waals surface area contributed by atoms with Crippen LogP contribution in [0.4, 0.5) is 5.69 Å². The maximum atomic E-state index is 13.9. The molecule has 0 fully saturated rings. The smallest absolute Gasteiger partial charge is 0.244 e. The van der Waals surface area contributed by atoms with E-state index in [1.54, 1.807) is 37.3 Å². The minimum Gasteiger partial charge on any atom is -0.454 e. The summed E-state index contributed by atoms with van der Waals surface area (Å²) in [5.41, 5.74) is 0.712. The zero-order valence-corrected chi connectivity index (χ0v) is 24.2. The van der Waals surface area contributed by atoms with E-state index in [-0.39, 0.29) is 36.7 Å². The quantitative estimate of drug-likeness (QED) is 0.390. The molecule has 0 saturated heterocycles. The van der Waals surface area contributed by atoms with Crippen molar-refractivity contribution in [3.8, 4) is 11.5 Å². The molecule has 0 radical (unpaired) electrons. The average Bonchev–Trinajstić information content (AvgIpc) is 3.36. The van der Waals surface area contributed by atoms with Crippen molar-refractivity contribution in [3.05, 3.63) is 52.0 Å². The predicted octanol–water partition coefficient (Wildman–Crippen LogP) is 4.60. The van der Waals surface area contributed by atoms with Crippen LogP contribution in [-0.2, 0) is 26.2 Å². The monoisotopic (exact) mass is 585 g/mol. The molecule has 1 aliphatic rings. The van der Waals surface area contributed by atoms with E-state index in [4.69, 9.17) is 32.7 Å². The first-order chi connectivity index (χ1) is 18.0. The lowest BCUT2D eigenvalue weighted by Crippen LogP contribution is -2.53. The van der Waals surface area contributed by atoms with Crippen LogP contribution in [0, 0.1) is 0 Å². The molecule has 12 heteroatoms. The van der Waals surface area contributed by atoms with Gasteiger partial charge in [0.25, 0.3) is 0 Å². The third-order valence-corrected chi connectivity index (χ3v) is 8.85. The van der Waals surface area contributed by atoms with Crippen LogP contribution in [0.3, 0.4) is 0 Å². The van der Waals surface area contributed by atoms with E-state index in [9.17, 15) is 18.0 Å². The number of carbonyl (C=O) groups excluding carboxylic acids is 2. The summed E-state index contributed by atoms with van der Waals surface area (Å²) in [4.78, 5) is 28.5. The van der Waals surface area contributed by atoms with Crippen molar-refractivity contribution in [3.63, 3.8) is 0 Å². The number of ether oxygens (including phenoxy) is 2. The molecule has 9 nitrogen and oxygen atoms in total. The van der Waals surface area contributed by atoms with Crippen molar-refractivity contribution in [1.82, 2.24) is 10.2 Å². The summed E-state index contributed by atoms with van der Waals surface area (Å²) in [6, 6.07) is 8.65. The Hall–Kier alpha value is -2.69. The molecule has 2 atom stereocenters. The van der Waals surface area contributed by atoms with E-state index in [1.807, 2.05) is 13.8 Å². The molecule has 2 amide bonds. The number of benzene rings is 2. The van der Waals surface area contributed by atoms with Gasteiger partial charge in [0, 0.05) is 34.3 Å². The second kappa shape index (κ2) is 12.9. The normalized spacial score (nSPS) is 14.1. The topological polar surface area (TPSA) is 105 Å². The molecule has 0 spiro atoms. The van der Waals surface area contributed by atoms with Crippen LogP contribution in [0.15, 0.2) is 36.4 Å². The van der Waals surface area contributed by atoms with Crippen LogP contribution in [0.1, 0.15) is 46.1 Å².